The molecule has 3 rings (SSSR count). The van der Waals surface area contributed by atoms with Gasteiger partial charge in [0.05, 0.1) is 17.0 Å². The third-order valence-electron chi connectivity index (χ3n) is 5.10. The molecule has 0 aliphatic heterocycles. The van der Waals surface area contributed by atoms with Gasteiger partial charge in [-0.3, -0.25) is 9.59 Å². The minimum absolute atomic E-state index is 0.189. The Hall–Kier alpha value is -2.35. The van der Waals surface area contributed by atoms with Gasteiger partial charge in [0.2, 0.25) is 5.91 Å². The second kappa shape index (κ2) is 9.73. The molecule has 7 nitrogen and oxygen atoms in total. The number of carbonyl (C=O) groups is 2. The maximum Gasteiger partial charge on any atom is 0.250 e. The Labute approximate surface area is 169 Å². The molecular weight excluding hydrogens is 374 g/mol. The number of benzene rings is 1. The topological polar surface area (TPSA) is 103 Å². The third kappa shape index (κ3) is 5.13. The van der Waals surface area contributed by atoms with E-state index >= 15 is 0 Å². The second-order valence-electron chi connectivity index (χ2n) is 7.10. The molecule has 0 saturated heterocycles. The van der Waals surface area contributed by atoms with Crippen molar-refractivity contribution >= 4 is 29.3 Å². The number of nitrogens with one attached hydrogen (secondary N) is 1. The number of carbonyl (C=O) groups excluding carboxylic acids is 2. The van der Waals surface area contributed by atoms with Crippen molar-refractivity contribution in [3.05, 3.63) is 35.7 Å². The lowest BCUT2D eigenvalue weighted by atomic mass is 9.87. The minimum Gasteiger partial charge on any atom is -0.366 e. The van der Waals surface area contributed by atoms with Crippen LogP contribution in [0.2, 0.25) is 0 Å². The Morgan fingerprint density at radius 2 is 1.96 bits per heavy atom. The molecule has 150 valence electrons. The molecule has 2 aromatic rings. The summed E-state index contributed by atoms with van der Waals surface area (Å²) in [5.41, 5.74) is 6.08. The number of hydrogen-bond acceptors (Lipinski definition) is 5. The van der Waals surface area contributed by atoms with E-state index in [2.05, 4.69) is 27.0 Å². The highest BCUT2D eigenvalue weighted by atomic mass is 32.2. The van der Waals surface area contributed by atoms with E-state index in [4.69, 9.17) is 5.73 Å². The molecule has 1 aromatic heterocycles. The Morgan fingerprint density at radius 3 is 2.68 bits per heavy atom. The number of anilines is 1. The van der Waals surface area contributed by atoms with Crippen LogP contribution in [0.1, 0.15) is 55.2 Å². The summed E-state index contributed by atoms with van der Waals surface area (Å²) in [6.45, 7) is 2.85. The van der Waals surface area contributed by atoms with Gasteiger partial charge in [-0.2, -0.15) is 0 Å². The van der Waals surface area contributed by atoms with Gasteiger partial charge >= 0.3 is 0 Å². The Balaban J connectivity index is 1.59. The highest BCUT2D eigenvalue weighted by Crippen LogP contribution is 2.27. The van der Waals surface area contributed by atoms with Crippen LogP contribution in [-0.2, 0) is 17.8 Å². The summed E-state index contributed by atoms with van der Waals surface area (Å²) >= 11 is 1.36. The van der Waals surface area contributed by atoms with Gasteiger partial charge in [0.1, 0.15) is 5.82 Å². The molecule has 2 amide bonds. The molecule has 0 bridgehead atoms. The van der Waals surface area contributed by atoms with E-state index in [1.54, 1.807) is 24.3 Å². The number of para-hydroxylation sites is 1. The van der Waals surface area contributed by atoms with Gasteiger partial charge in [-0.05, 0) is 25.0 Å². The van der Waals surface area contributed by atoms with Crippen LogP contribution >= 0.6 is 11.8 Å². The first-order chi connectivity index (χ1) is 13.6. The Kier molecular flexibility index (Phi) is 7.08. The molecule has 28 heavy (non-hydrogen) atoms. The van der Waals surface area contributed by atoms with E-state index < -0.39 is 5.91 Å². The van der Waals surface area contributed by atoms with Crippen molar-refractivity contribution in [1.82, 2.24) is 14.8 Å². The quantitative estimate of drug-likeness (QED) is 0.661. The molecule has 1 fully saturated rings. The molecule has 1 saturated carbocycles. The second-order valence-corrected chi connectivity index (χ2v) is 8.04. The van der Waals surface area contributed by atoms with Crippen LogP contribution in [0.3, 0.4) is 0 Å². The van der Waals surface area contributed by atoms with Crippen molar-refractivity contribution < 1.29 is 9.59 Å². The maximum absolute atomic E-state index is 12.3. The lowest BCUT2D eigenvalue weighted by molar-refractivity contribution is -0.113. The number of primary amides is 1. The molecule has 1 aliphatic carbocycles. The number of rotatable bonds is 8. The third-order valence-corrected chi connectivity index (χ3v) is 6.07. The van der Waals surface area contributed by atoms with Crippen LogP contribution in [-0.4, -0.2) is 32.3 Å². The standard InChI is InChI=1S/C20H27N5O2S/c1-2-25-17(12-14-8-4-3-5-9-14)23-24-20(25)28-13-18(26)22-16-11-7-6-10-15(16)19(21)27/h6-7,10-11,14H,2-5,8-9,12-13H2,1H3,(H2,21,27)(H,22,26). The molecule has 1 heterocycles. The van der Waals surface area contributed by atoms with Crippen molar-refractivity contribution in [2.24, 2.45) is 11.7 Å². The van der Waals surface area contributed by atoms with Crippen molar-refractivity contribution in [3.8, 4) is 0 Å². The van der Waals surface area contributed by atoms with Crippen LogP contribution in [0.15, 0.2) is 29.4 Å². The number of thioether (sulfide) groups is 1. The van der Waals surface area contributed by atoms with E-state index in [1.165, 1.54) is 43.9 Å². The fraction of sp³-hybridized carbons (Fsp3) is 0.500. The lowest BCUT2D eigenvalue weighted by Crippen LogP contribution is -2.19. The van der Waals surface area contributed by atoms with Crippen LogP contribution in [0.25, 0.3) is 0 Å². The smallest absolute Gasteiger partial charge is 0.250 e. The van der Waals surface area contributed by atoms with E-state index in [0.717, 1.165) is 23.9 Å². The SMILES string of the molecule is CCn1c(CC2CCCCC2)nnc1SCC(=O)Nc1ccccc1C(N)=O. The first-order valence-corrected chi connectivity index (χ1v) is 10.8. The molecular formula is C20H27N5O2S. The van der Waals surface area contributed by atoms with Gasteiger partial charge < -0.3 is 15.6 Å². The van der Waals surface area contributed by atoms with Gasteiger partial charge in [-0.15, -0.1) is 10.2 Å². The first kappa shape index (κ1) is 20.4. The largest absolute Gasteiger partial charge is 0.366 e. The summed E-state index contributed by atoms with van der Waals surface area (Å²) in [5, 5.41) is 12.2. The fourth-order valence-corrected chi connectivity index (χ4v) is 4.49. The van der Waals surface area contributed by atoms with Crippen LogP contribution in [0, 0.1) is 5.92 Å². The van der Waals surface area contributed by atoms with Crippen molar-refractivity contribution in [3.63, 3.8) is 0 Å². The molecule has 3 N–H and O–H groups in total. The van der Waals surface area contributed by atoms with Crippen LogP contribution < -0.4 is 11.1 Å². The Morgan fingerprint density at radius 1 is 1.21 bits per heavy atom. The summed E-state index contributed by atoms with van der Waals surface area (Å²) in [6.07, 6.45) is 7.44. The van der Waals surface area contributed by atoms with Gasteiger partial charge in [-0.25, -0.2) is 0 Å². The summed E-state index contributed by atoms with van der Waals surface area (Å²) in [5.74, 6) is 1.11. The maximum atomic E-state index is 12.3. The number of nitrogens with two attached hydrogens (primary N) is 1. The van der Waals surface area contributed by atoms with E-state index in [9.17, 15) is 9.59 Å². The highest BCUT2D eigenvalue weighted by Gasteiger charge is 2.19. The van der Waals surface area contributed by atoms with Gasteiger partial charge in [0.15, 0.2) is 5.16 Å². The van der Waals surface area contributed by atoms with E-state index in [0.29, 0.717) is 17.2 Å². The zero-order valence-electron chi connectivity index (χ0n) is 16.2. The average Bonchev–Trinajstić information content (AvgIpc) is 3.09. The average molecular weight is 402 g/mol. The molecule has 1 aromatic carbocycles. The monoisotopic (exact) mass is 401 g/mol. The van der Waals surface area contributed by atoms with E-state index in [1.807, 2.05) is 0 Å². The first-order valence-electron chi connectivity index (χ1n) is 9.82. The van der Waals surface area contributed by atoms with Crippen LogP contribution in [0.5, 0.6) is 0 Å². The zero-order valence-corrected chi connectivity index (χ0v) is 17.0. The molecule has 1 aliphatic rings. The predicted octanol–water partition coefficient (Wildman–Crippen LogP) is 3.25. The number of nitrogens with zero attached hydrogens (tertiary/aromatic N) is 3. The molecule has 0 atom stereocenters. The number of amides is 2. The summed E-state index contributed by atoms with van der Waals surface area (Å²) in [4.78, 5) is 23.8. The van der Waals surface area contributed by atoms with Crippen molar-refractivity contribution in [2.45, 2.75) is 57.1 Å². The molecule has 0 unspecified atom stereocenters. The fourth-order valence-electron chi connectivity index (χ4n) is 3.67. The number of hydrogen-bond donors (Lipinski definition) is 2. The molecule has 0 spiro atoms. The molecule has 0 radical (unpaired) electrons. The van der Waals surface area contributed by atoms with Gasteiger partial charge in [-0.1, -0.05) is 56.0 Å². The summed E-state index contributed by atoms with van der Waals surface area (Å²) < 4.78 is 2.10. The van der Waals surface area contributed by atoms with Crippen molar-refractivity contribution in [2.75, 3.05) is 11.1 Å². The van der Waals surface area contributed by atoms with Gasteiger partial charge in [0, 0.05) is 13.0 Å². The lowest BCUT2D eigenvalue weighted by Gasteiger charge is -2.21. The predicted molar refractivity (Wildman–Crippen MR) is 110 cm³/mol. The normalized spacial score (nSPS) is 14.8. The van der Waals surface area contributed by atoms with Gasteiger partial charge in [0.25, 0.3) is 5.91 Å². The number of aromatic nitrogens is 3. The van der Waals surface area contributed by atoms with Crippen molar-refractivity contribution in [1.29, 1.82) is 0 Å². The zero-order chi connectivity index (χ0) is 19.9. The Bertz CT molecular complexity index is 830. The minimum atomic E-state index is -0.568. The van der Waals surface area contributed by atoms with E-state index in [-0.39, 0.29) is 11.7 Å². The highest BCUT2D eigenvalue weighted by molar-refractivity contribution is 7.99. The molecule has 8 heteroatoms. The van der Waals surface area contributed by atoms with Crippen LogP contribution in [0.4, 0.5) is 5.69 Å². The summed E-state index contributed by atoms with van der Waals surface area (Å²) in [6, 6.07) is 6.72. The summed E-state index contributed by atoms with van der Waals surface area (Å²) in [7, 11) is 0.